The Morgan fingerprint density at radius 2 is 2.11 bits per heavy atom. The number of piperidine rings is 1. The van der Waals surface area contributed by atoms with E-state index in [1.807, 2.05) is 12.3 Å². The van der Waals surface area contributed by atoms with E-state index in [2.05, 4.69) is 0 Å². The van der Waals surface area contributed by atoms with Crippen molar-refractivity contribution in [3.05, 3.63) is 23.7 Å². The van der Waals surface area contributed by atoms with Gasteiger partial charge in [0, 0.05) is 12.8 Å². The molecule has 0 saturated carbocycles. The van der Waals surface area contributed by atoms with Gasteiger partial charge < -0.3 is 4.42 Å². The highest BCUT2D eigenvalue weighted by Crippen LogP contribution is 2.22. The highest BCUT2D eigenvalue weighted by atomic mass is 16.3. The van der Waals surface area contributed by atoms with E-state index >= 15 is 0 Å². The first kappa shape index (κ1) is 13.3. The molecule has 102 valence electrons. The SMILES string of the molecule is CC1CC(=O)N(Cc2occc2C(=O)NN)C(=O)C1. The van der Waals surface area contributed by atoms with Crippen molar-refractivity contribution in [3.63, 3.8) is 0 Å². The minimum absolute atomic E-state index is 0.0415. The quantitative estimate of drug-likeness (QED) is 0.351. The summed E-state index contributed by atoms with van der Waals surface area (Å²) in [6.45, 7) is 1.81. The number of carbonyl (C=O) groups excluding carboxylic acids is 3. The number of nitrogen functional groups attached to an aromatic ring is 1. The average Bonchev–Trinajstić information content (AvgIpc) is 2.80. The number of imide groups is 1. The third-order valence-electron chi connectivity index (χ3n) is 3.07. The molecule has 0 aromatic carbocycles. The number of hydrogen-bond donors (Lipinski definition) is 2. The maximum atomic E-state index is 11.8. The van der Waals surface area contributed by atoms with Crippen LogP contribution in [-0.2, 0) is 16.1 Å². The van der Waals surface area contributed by atoms with Gasteiger partial charge in [-0.3, -0.25) is 24.7 Å². The highest BCUT2D eigenvalue weighted by molar-refractivity contribution is 5.98. The molecule has 0 atom stereocenters. The zero-order valence-electron chi connectivity index (χ0n) is 10.5. The second-order valence-electron chi connectivity index (χ2n) is 4.62. The summed E-state index contributed by atoms with van der Waals surface area (Å²) in [5, 5.41) is 0. The lowest BCUT2D eigenvalue weighted by Gasteiger charge is -2.27. The monoisotopic (exact) mass is 265 g/mol. The van der Waals surface area contributed by atoms with Gasteiger partial charge >= 0.3 is 0 Å². The highest BCUT2D eigenvalue weighted by Gasteiger charge is 2.31. The molecular formula is C12H15N3O4. The maximum Gasteiger partial charge on any atom is 0.268 e. The van der Waals surface area contributed by atoms with E-state index in [9.17, 15) is 14.4 Å². The van der Waals surface area contributed by atoms with Gasteiger partial charge in [-0.15, -0.1) is 0 Å². The van der Waals surface area contributed by atoms with Crippen LogP contribution in [0.4, 0.5) is 0 Å². The summed E-state index contributed by atoms with van der Waals surface area (Å²) in [6, 6.07) is 1.44. The molecule has 1 aromatic rings. The Morgan fingerprint density at radius 3 is 2.68 bits per heavy atom. The number of likely N-dealkylation sites (tertiary alicyclic amines) is 1. The van der Waals surface area contributed by atoms with Crippen molar-refractivity contribution in [1.29, 1.82) is 0 Å². The Morgan fingerprint density at radius 1 is 1.47 bits per heavy atom. The largest absolute Gasteiger partial charge is 0.467 e. The van der Waals surface area contributed by atoms with Crippen LogP contribution in [0.2, 0.25) is 0 Å². The summed E-state index contributed by atoms with van der Waals surface area (Å²) in [6.07, 6.45) is 1.97. The van der Waals surface area contributed by atoms with Gasteiger partial charge in [0.25, 0.3) is 5.91 Å². The molecule has 0 unspecified atom stereocenters. The number of nitrogens with two attached hydrogens (primary N) is 1. The van der Waals surface area contributed by atoms with Crippen LogP contribution >= 0.6 is 0 Å². The van der Waals surface area contributed by atoms with Crippen LogP contribution in [-0.4, -0.2) is 22.6 Å². The number of furan rings is 1. The molecule has 0 spiro atoms. The van der Waals surface area contributed by atoms with Crippen LogP contribution in [0.1, 0.15) is 35.9 Å². The lowest BCUT2D eigenvalue weighted by molar-refractivity contribution is -0.150. The topological polar surface area (TPSA) is 106 Å². The summed E-state index contributed by atoms with van der Waals surface area (Å²) in [5.41, 5.74) is 2.21. The number of nitrogens with one attached hydrogen (secondary N) is 1. The number of rotatable bonds is 3. The van der Waals surface area contributed by atoms with Crippen LogP contribution < -0.4 is 11.3 Å². The number of hydrazine groups is 1. The van der Waals surface area contributed by atoms with E-state index < -0.39 is 5.91 Å². The fourth-order valence-electron chi connectivity index (χ4n) is 2.09. The zero-order valence-corrected chi connectivity index (χ0v) is 10.5. The lowest BCUT2D eigenvalue weighted by atomic mass is 9.97. The van der Waals surface area contributed by atoms with E-state index in [-0.39, 0.29) is 35.6 Å². The van der Waals surface area contributed by atoms with Gasteiger partial charge in [0.1, 0.15) is 5.76 Å². The molecule has 0 bridgehead atoms. The molecule has 19 heavy (non-hydrogen) atoms. The second-order valence-corrected chi connectivity index (χ2v) is 4.62. The minimum Gasteiger partial charge on any atom is -0.467 e. The van der Waals surface area contributed by atoms with Gasteiger partial charge in [0.15, 0.2) is 0 Å². The lowest BCUT2D eigenvalue weighted by Crippen LogP contribution is -2.42. The molecule has 1 aliphatic rings. The first-order valence-corrected chi connectivity index (χ1v) is 5.93. The van der Waals surface area contributed by atoms with Gasteiger partial charge in [-0.2, -0.15) is 0 Å². The summed E-state index contributed by atoms with van der Waals surface area (Å²) in [4.78, 5) is 36.2. The summed E-state index contributed by atoms with van der Waals surface area (Å²) < 4.78 is 5.15. The Hall–Kier alpha value is -2.15. The minimum atomic E-state index is -0.519. The molecule has 0 aliphatic carbocycles. The van der Waals surface area contributed by atoms with Crippen LogP contribution in [0.5, 0.6) is 0 Å². The van der Waals surface area contributed by atoms with Crippen LogP contribution in [0.3, 0.4) is 0 Å². The van der Waals surface area contributed by atoms with E-state index in [0.717, 1.165) is 4.90 Å². The molecule has 1 saturated heterocycles. The van der Waals surface area contributed by atoms with Crippen molar-refractivity contribution < 1.29 is 18.8 Å². The fourth-order valence-corrected chi connectivity index (χ4v) is 2.09. The van der Waals surface area contributed by atoms with Crippen LogP contribution in [0, 0.1) is 5.92 Å². The predicted molar refractivity (Wildman–Crippen MR) is 64.3 cm³/mol. The number of carbonyl (C=O) groups is 3. The van der Waals surface area contributed by atoms with E-state index in [1.54, 1.807) is 0 Å². The Bertz CT molecular complexity index is 505. The van der Waals surface area contributed by atoms with E-state index in [0.29, 0.717) is 12.8 Å². The van der Waals surface area contributed by atoms with Gasteiger partial charge in [0.2, 0.25) is 11.8 Å². The molecule has 7 nitrogen and oxygen atoms in total. The molecule has 0 radical (unpaired) electrons. The standard InChI is InChI=1S/C12H15N3O4/c1-7-4-10(16)15(11(17)5-7)6-9-8(2-3-19-9)12(18)14-13/h2-3,7H,4-6,13H2,1H3,(H,14,18). The normalized spacial score (nSPS) is 16.8. The van der Waals surface area contributed by atoms with Gasteiger partial charge in [-0.25, -0.2) is 5.84 Å². The van der Waals surface area contributed by atoms with Crippen molar-refractivity contribution in [2.45, 2.75) is 26.3 Å². The third kappa shape index (κ3) is 2.65. The molecule has 1 aromatic heterocycles. The van der Waals surface area contributed by atoms with Crippen molar-refractivity contribution in [2.75, 3.05) is 0 Å². The first-order chi connectivity index (χ1) is 9.02. The van der Waals surface area contributed by atoms with E-state index in [1.165, 1.54) is 12.3 Å². The third-order valence-corrected chi connectivity index (χ3v) is 3.07. The van der Waals surface area contributed by atoms with Gasteiger partial charge in [0.05, 0.1) is 18.4 Å². The van der Waals surface area contributed by atoms with Crippen LogP contribution in [0.25, 0.3) is 0 Å². The Labute approximate surface area is 109 Å². The number of hydrogen-bond acceptors (Lipinski definition) is 5. The molecule has 7 heteroatoms. The molecule has 2 heterocycles. The second kappa shape index (κ2) is 5.23. The predicted octanol–water partition coefficient (Wildman–Crippen LogP) is 0.168. The summed E-state index contributed by atoms with van der Waals surface area (Å²) >= 11 is 0. The summed E-state index contributed by atoms with van der Waals surface area (Å²) in [5.74, 6) is 4.33. The van der Waals surface area contributed by atoms with Crippen molar-refractivity contribution in [2.24, 2.45) is 11.8 Å². The number of nitrogens with zero attached hydrogens (tertiary/aromatic N) is 1. The maximum absolute atomic E-state index is 11.8. The summed E-state index contributed by atoms with van der Waals surface area (Å²) in [7, 11) is 0. The zero-order chi connectivity index (χ0) is 14.0. The first-order valence-electron chi connectivity index (χ1n) is 5.93. The van der Waals surface area contributed by atoms with Gasteiger partial charge in [-0.1, -0.05) is 6.92 Å². The van der Waals surface area contributed by atoms with Crippen molar-refractivity contribution in [1.82, 2.24) is 10.3 Å². The average molecular weight is 265 g/mol. The molecular weight excluding hydrogens is 250 g/mol. The van der Waals surface area contributed by atoms with Crippen molar-refractivity contribution in [3.8, 4) is 0 Å². The Kier molecular flexibility index (Phi) is 3.66. The van der Waals surface area contributed by atoms with E-state index in [4.69, 9.17) is 10.3 Å². The van der Waals surface area contributed by atoms with Gasteiger partial charge in [-0.05, 0) is 12.0 Å². The molecule has 3 N–H and O–H groups in total. The van der Waals surface area contributed by atoms with Crippen LogP contribution in [0.15, 0.2) is 16.7 Å². The smallest absolute Gasteiger partial charge is 0.268 e. The molecule has 1 aliphatic heterocycles. The molecule has 1 fully saturated rings. The fraction of sp³-hybridized carbons (Fsp3) is 0.417. The number of amides is 3. The molecule has 2 rings (SSSR count). The Balaban J connectivity index is 2.17. The molecule has 3 amide bonds. The van der Waals surface area contributed by atoms with Crippen molar-refractivity contribution >= 4 is 17.7 Å².